The summed E-state index contributed by atoms with van der Waals surface area (Å²) in [6.07, 6.45) is 11.4. The molecule has 6 nitrogen and oxygen atoms in total. The van der Waals surface area contributed by atoms with Gasteiger partial charge in [0.2, 0.25) is 0 Å². The van der Waals surface area contributed by atoms with Crippen LogP contribution in [0.1, 0.15) is 50.3 Å². The van der Waals surface area contributed by atoms with Crippen molar-refractivity contribution < 1.29 is 9.84 Å². The molecule has 1 atom stereocenters. The van der Waals surface area contributed by atoms with Crippen LogP contribution in [0, 0.1) is 0 Å². The summed E-state index contributed by atoms with van der Waals surface area (Å²) in [4.78, 5) is 4.23. The number of nitrogens with one attached hydrogen (secondary N) is 1. The summed E-state index contributed by atoms with van der Waals surface area (Å²) in [5.74, 6) is 6.09. The highest BCUT2D eigenvalue weighted by Gasteiger charge is 2.25. The quantitative estimate of drug-likeness (QED) is 0.302. The lowest BCUT2D eigenvalue weighted by atomic mass is 9.98. The number of methoxy groups -OCH3 is 1. The molecule has 1 fully saturated rings. The molecule has 6 heteroatoms. The molecule has 0 aliphatic heterocycles. The van der Waals surface area contributed by atoms with E-state index in [1.807, 2.05) is 49.5 Å². The fourth-order valence-electron chi connectivity index (χ4n) is 3.37. The number of benzene rings is 1. The number of hydrogen-bond donors (Lipinski definition) is 3. The van der Waals surface area contributed by atoms with E-state index >= 15 is 0 Å². The van der Waals surface area contributed by atoms with Gasteiger partial charge in [0, 0.05) is 49.4 Å². The number of aliphatic hydroxyl groups is 1. The lowest BCUT2D eigenvalue weighted by molar-refractivity contribution is 0.0232. The Morgan fingerprint density at radius 2 is 2.03 bits per heavy atom. The van der Waals surface area contributed by atoms with Crippen LogP contribution in [0.5, 0.6) is 0 Å². The topological polar surface area (TPSA) is 83.6 Å². The van der Waals surface area contributed by atoms with E-state index in [0.717, 1.165) is 41.6 Å². The Bertz CT molecular complexity index is 917. The van der Waals surface area contributed by atoms with Gasteiger partial charge in [-0.25, -0.2) is 5.84 Å². The summed E-state index contributed by atoms with van der Waals surface area (Å²) < 4.78 is 5.49. The summed E-state index contributed by atoms with van der Waals surface area (Å²) in [5, 5.41) is 15.3. The molecule has 2 aromatic rings. The van der Waals surface area contributed by atoms with Gasteiger partial charge in [0.1, 0.15) is 6.23 Å². The van der Waals surface area contributed by atoms with Gasteiger partial charge in [-0.1, -0.05) is 18.2 Å². The number of ether oxygens (including phenoxy) is 1. The van der Waals surface area contributed by atoms with Crippen LogP contribution < -0.4 is 11.2 Å². The third kappa shape index (κ3) is 6.92. The van der Waals surface area contributed by atoms with Gasteiger partial charge in [0.15, 0.2) is 0 Å². The second-order valence-electron chi connectivity index (χ2n) is 8.74. The average Bonchev–Trinajstić information content (AvgIpc) is 3.59. The Labute approximate surface area is 185 Å². The Morgan fingerprint density at radius 1 is 1.32 bits per heavy atom. The number of nitrogens with zero attached hydrogens (tertiary/aromatic N) is 2. The minimum atomic E-state index is -0.823. The van der Waals surface area contributed by atoms with E-state index < -0.39 is 6.23 Å². The summed E-state index contributed by atoms with van der Waals surface area (Å²) in [6, 6.07) is 10.4. The Balaban J connectivity index is 1.63. The molecule has 0 saturated heterocycles. The van der Waals surface area contributed by atoms with Gasteiger partial charge in [0.05, 0.1) is 5.60 Å². The molecule has 1 aromatic heterocycles. The van der Waals surface area contributed by atoms with Crippen molar-refractivity contribution in [2.75, 3.05) is 12.4 Å². The molecule has 1 aliphatic rings. The van der Waals surface area contributed by atoms with E-state index in [1.165, 1.54) is 5.56 Å². The molecule has 4 N–H and O–H groups in total. The molecule has 31 heavy (non-hydrogen) atoms. The standard InChI is InChI=1S/C25H34N4O2/c1-18(17-29(26)22-10-11-22)23-13-14-27-16-20(23)7-12-24(30)28-21-8-5-19(6-9-21)15-25(2,3)31-4/h5-9,12-14,16-17,22,24,28,30H,10-11,15,26H2,1-4H3/b12-7+,18-17+. The Kier molecular flexibility index (Phi) is 7.49. The van der Waals surface area contributed by atoms with Crippen LogP contribution in [-0.2, 0) is 11.2 Å². The van der Waals surface area contributed by atoms with Crippen LogP contribution in [0.3, 0.4) is 0 Å². The van der Waals surface area contributed by atoms with E-state index in [2.05, 4.69) is 24.1 Å². The molecule has 3 rings (SSSR count). The van der Waals surface area contributed by atoms with E-state index in [-0.39, 0.29) is 5.60 Å². The van der Waals surface area contributed by atoms with E-state index in [0.29, 0.717) is 6.04 Å². The summed E-state index contributed by atoms with van der Waals surface area (Å²) in [6.45, 7) is 6.17. The van der Waals surface area contributed by atoms with Crippen molar-refractivity contribution >= 4 is 17.3 Å². The molecule has 1 heterocycles. The van der Waals surface area contributed by atoms with Crippen molar-refractivity contribution in [3.8, 4) is 0 Å². The maximum absolute atomic E-state index is 10.4. The molecule has 0 radical (unpaired) electrons. The smallest absolute Gasteiger partial charge is 0.144 e. The summed E-state index contributed by atoms with van der Waals surface area (Å²) in [5.41, 5.74) is 4.86. The van der Waals surface area contributed by atoms with Crippen LogP contribution in [-0.4, -0.2) is 40.1 Å². The first kappa shape index (κ1) is 23.0. The van der Waals surface area contributed by atoms with Crippen molar-refractivity contribution in [2.45, 2.75) is 57.9 Å². The third-order valence-corrected chi connectivity index (χ3v) is 5.50. The highest BCUT2D eigenvalue weighted by molar-refractivity contribution is 5.72. The predicted octanol–water partition coefficient (Wildman–Crippen LogP) is 4.19. The van der Waals surface area contributed by atoms with Crippen LogP contribution >= 0.6 is 0 Å². The van der Waals surface area contributed by atoms with E-state index in [1.54, 1.807) is 30.6 Å². The SMILES string of the molecule is COC(C)(C)Cc1ccc(NC(O)/C=C/c2cnccc2/C(C)=C/N(N)C2CC2)cc1. The minimum Gasteiger partial charge on any atom is -0.378 e. The molecular formula is C25H34N4O2. The highest BCUT2D eigenvalue weighted by Crippen LogP contribution is 2.27. The number of anilines is 1. The molecule has 166 valence electrons. The molecule has 0 bridgehead atoms. The number of hydrazine groups is 1. The number of allylic oxidation sites excluding steroid dienone is 1. The normalized spacial score (nSPS) is 15.9. The van der Waals surface area contributed by atoms with Crippen LogP contribution in [0.2, 0.25) is 0 Å². The van der Waals surface area contributed by atoms with Crippen molar-refractivity contribution in [2.24, 2.45) is 5.84 Å². The van der Waals surface area contributed by atoms with Crippen molar-refractivity contribution in [1.29, 1.82) is 0 Å². The molecular weight excluding hydrogens is 388 g/mol. The fraction of sp³-hybridized carbons (Fsp3) is 0.400. The third-order valence-electron chi connectivity index (χ3n) is 5.50. The van der Waals surface area contributed by atoms with Crippen molar-refractivity contribution in [3.63, 3.8) is 0 Å². The zero-order chi connectivity index (χ0) is 22.4. The average molecular weight is 423 g/mol. The fourth-order valence-corrected chi connectivity index (χ4v) is 3.37. The van der Waals surface area contributed by atoms with Gasteiger partial charge in [0.25, 0.3) is 0 Å². The van der Waals surface area contributed by atoms with Crippen molar-refractivity contribution in [3.05, 3.63) is 71.7 Å². The zero-order valence-electron chi connectivity index (χ0n) is 18.9. The lowest BCUT2D eigenvalue weighted by Gasteiger charge is -2.23. The second kappa shape index (κ2) is 10.1. The highest BCUT2D eigenvalue weighted by atomic mass is 16.5. The molecule has 1 aromatic carbocycles. The number of hydrogen-bond acceptors (Lipinski definition) is 6. The van der Waals surface area contributed by atoms with Crippen LogP contribution in [0.15, 0.2) is 55.0 Å². The summed E-state index contributed by atoms with van der Waals surface area (Å²) >= 11 is 0. The molecule has 1 aliphatic carbocycles. The molecule has 0 amide bonds. The van der Waals surface area contributed by atoms with Crippen LogP contribution in [0.25, 0.3) is 11.6 Å². The van der Waals surface area contributed by atoms with Gasteiger partial charge >= 0.3 is 0 Å². The number of rotatable bonds is 10. The molecule has 1 unspecified atom stereocenters. The van der Waals surface area contributed by atoms with Gasteiger partial charge in [-0.15, -0.1) is 0 Å². The zero-order valence-corrected chi connectivity index (χ0v) is 18.9. The monoisotopic (exact) mass is 422 g/mol. The van der Waals surface area contributed by atoms with Gasteiger partial charge < -0.3 is 20.2 Å². The van der Waals surface area contributed by atoms with E-state index in [9.17, 15) is 5.11 Å². The summed E-state index contributed by atoms with van der Waals surface area (Å²) in [7, 11) is 1.72. The van der Waals surface area contributed by atoms with Crippen molar-refractivity contribution in [1.82, 2.24) is 9.99 Å². The van der Waals surface area contributed by atoms with Gasteiger partial charge in [-0.2, -0.15) is 0 Å². The Hall–Kier alpha value is -2.67. The largest absolute Gasteiger partial charge is 0.378 e. The first-order valence-electron chi connectivity index (χ1n) is 10.7. The number of nitrogens with two attached hydrogens (primary N) is 1. The number of aliphatic hydroxyl groups excluding tert-OH is 1. The minimum absolute atomic E-state index is 0.204. The van der Waals surface area contributed by atoms with Gasteiger partial charge in [-0.3, -0.25) is 4.98 Å². The predicted molar refractivity (Wildman–Crippen MR) is 127 cm³/mol. The maximum atomic E-state index is 10.4. The van der Waals surface area contributed by atoms with E-state index in [4.69, 9.17) is 10.6 Å². The first-order chi connectivity index (χ1) is 14.8. The number of aromatic nitrogens is 1. The maximum Gasteiger partial charge on any atom is 0.144 e. The Morgan fingerprint density at radius 3 is 2.68 bits per heavy atom. The second-order valence-corrected chi connectivity index (χ2v) is 8.74. The molecule has 1 saturated carbocycles. The van der Waals surface area contributed by atoms with Crippen LogP contribution in [0.4, 0.5) is 5.69 Å². The molecule has 0 spiro atoms. The first-order valence-corrected chi connectivity index (χ1v) is 10.7. The number of pyridine rings is 1. The van der Waals surface area contributed by atoms with Gasteiger partial charge in [-0.05, 0) is 74.6 Å². The lowest BCUT2D eigenvalue weighted by Crippen LogP contribution is -2.27.